The largest absolute Gasteiger partial charge is 0.473 e. The lowest BCUT2D eigenvalue weighted by Crippen LogP contribution is -2.50. The van der Waals surface area contributed by atoms with E-state index >= 15 is 0 Å². The van der Waals surface area contributed by atoms with Gasteiger partial charge in [-0.15, -0.1) is 0 Å². The van der Waals surface area contributed by atoms with E-state index in [1.165, 1.54) is 12.0 Å². The molecular formula is C23H36N2O6. The van der Waals surface area contributed by atoms with Crippen molar-refractivity contribution in [2.75, 3.05) is 33.8 Å². The van der Waals surface area contributed by atoms with E-state index in [1.807, 2.05) is 14.1 Å². The molecule has 0 amide bonds. The van der Waals surface area contributed by atoms with E-state index in [0.29, 0.717) is 18.4 Å². The lowest BCUT2D eigenvalue weighted by Gasteiger charge is -2.49. The Morgan fingerprint density at radius 3 is 2.35 bits per heavy atom. The molecule has 0 heterocycles. The standard InChI is InChI=1S/C21H34N2O2.C2H2O4/c1-20-11-9-18(17-7-5-4-6-8-17)15-21(20,24)12-10-19(20)16-22-25-14-13-23(2)3;3-1(4)2(5)6/h4-8,18-19,22,24H,9-16H2,1-3H3;(H,3,4)(H,5,6)/t18-,19+,20+,21-;/m0./s1. The molecule has 0 aromatic heterocycles. The van der Waals surface area contributed by atoms with Crippen molar-refractivity contribution < 1.29 is 29.7 Å². The maximum absolute atomic E-state index is 11.5. The second-order valence-corrected chi connectivity index (χ2v) is 9.15. The second kappa shape index (κ2) is 11.0. The summed E-state index contributed by atoms with van der Waals surface area (Å²) < 4.78 is 0. The number of likely N-dealkylation sites (N-methyl/N-ethyl adjacent to an activating group) is 1. The average Bonchev–Trinajstić information content (AvgIpc) is 2.99. The first-order valence-corrected chi connectivity index (χ1v) is 10.8. The third-order valence-corrected chi connectivity index (χ3v) is 6.99. The molecule has 8 heteroatoms. The molecule has 0 unspecified atom stereocenters. The smallest absolute Gasteiger partial charge is 0.414 e. The third-order valence-electron chi connectivity index (χ3n) is 6.99. The predicted molar refractivity (Wildman–Crippen MR) is 117 cm³/mol. The van der Waals surface area contributed by atoms with Gasteiger partial charge in [0.05, 0.1) is 12.2 Å². The van der Waals surface area contributed by atoms with Crippen LogP contribution in [0.1, 0.15) is 50.5 Å². The topological polar surface area (TPSA) is 119 Å². The quantitative estimate of drug-likeness (QED) is 0.292. The van der Waals surface area contributed by atoms with Crippen LogP contribution >= 0.6 is 0 Å². The fourth-order valence-corrected chi connectivity index (χ4v) is 4.95. The minimum absolute atomic E-state index is 0.00378. The van der Waals surface area contributed by atoms with Crippen LogP contribution in [-0.2, 0) is 14.4 Å². The van der Waals surface area contributed by atoms with Crippen molar-refractivity contribution in [1.82, 2.24) is 10.4 Å². The van der Waals surface area contributed by atoms with Gasteiger partial charge in [0.1, 0.15) is 0 Å². The van der Waals surface area contributed by atoms with Gasteiger partial charge in [0.15, 0.2) is 0 Å². The lowest BCUT2D eigenvalue weighted by atomic mass is 9.59. The van der Waals surface area contributed by atoms with E-state index in [2.05, 4.69) is 47.6 Å². The number of fused-ring (bicyclic) bond motifs is 1. The van der Waals surface area contributed by atoms with Gasteiger partial charge >= 0.3 is 11.9 Å². The number of carbonyl (C=O) groups is 2. The van der Waals surface area contributed by atoms with Crippen LogP contribution in [0.2, 0.25) is 0 Å². The molecule has 4 atom stereocenters. The number of hydrogen-bond donors (Lipinski definition) is 4. The summed E-state index contributed by atoms with van der Waals surface area (Å²) >= 11 is 0. The first kappa shape index (κ1) is 25.3. The van der Waals surface area contributed by atoms with Crippen molar-refractivity contribution in [3.8, 4) is 0 Å². The van der Waals surface area contributed by atoms with Crippen LogP contribution in [0.15, 0.2) is 30.3 Å². The highest BCUT2D eigenvalue weighted by Crippen LogP contribution is 2.60. The van der Waals surface area contributed by atoms with Gasteiger partial charge in [-0.1, -0.05) is 37.3 Å². The van der Waals surface area contributed by atoms with E-state index in [9.17, 15) is 5.11 Å². The fourth-order valence-electron chi connectivity index (χ4n) is 4.95. The molecule has 3 rings (SSSR count). The SMILES string of the molecule is CN(C)CCONC[C@H]1CC[C@]2(O)C[C@@H](c3ccccc3)CC[C@]12C.O=C(O)C(=O)O. The number of carboxylic acid groups (broad SMARTS) is 2. The summed E-state index contributed by atoms with van der Waals surface area (Å²) in [6.07, 6.45) is 5.15. The van der Waals surface area contributed by atoms with Crippen LogP contribution in [0.5, 0.6) is 0 Å². The number of benzene rings is 1. The fraction of sp³-hybridized carbons (Fsp3) is 0.652. The molecule has 174 valence electrons. The molecule has 2 aliphatic carbocycles. The predicted octanol–water partition coefficient (Wildman–Crippen LogP) is 2.34. The van der Waals surface area contributed by atoms with Crippen LogP contribution in [0.3, 0.4) is 0 Å². The molecule has 4 N–H and O–H groups in total. The van der Waals surface area contributed by atoms with Crippen LogP contribution in [0.25, 0.3) is 0 Å². The molecule has 8 nitrogen and oxygen atoms in total. The van der Waals surface area contributed by atoms with Crippen molar-refractivity contribution in [1.29, 1.82) is 0 Å². The van der Waals surface area contributed by atoms with Gasteiger partial charge in [0.2, 0.25) is 0 Å². The number of nitrogens with one attached hydrogen (secondary N) is 1. The van der Waals surface area contributed by atoms with E-state index in [1.54, 1.807) is 0 Å². The Hall–Kier alpha value is -2.00. The maximum Gasteiger partial charge on any atom is 0.414 e. The molecule has 2 fully saturated rings. The number of aliphatic hydroxyl groups is 1. The Labute approximate surface area is 184 Å². The maximum atomic E-state index is 11.5. The second-order valence-electron chi connectivity index (χ2n) is 9.15. The highest BCUT2D eigenvalue weighted by molar-refractivity contribution is 6.27. The summed E-state index contributed by atoms with van der Waals surface area (Å²) in [6.45, 7) is 4.74. The Morgan fingerprint density at radius 1 is 1.13 bits per heavy atom. The summed E-state index contributed by atoms with van der Waals surface area (Å²) in [6, 6.07) is 10.7. The van der Waals surface area contributed by atoms with Crippen molar-refractivity contribution in [2.24, 2.45) is 11.3 Å². The highest BCUT2D eigenvalue weighted by atomic mass is 16.6. The Bertz CT molecular complexity index is 716. The van der Waals surface area contributed by atoms with Gasteiger partial charge < -0.3 is 25.1 Å². The zero-order valence-corrected chi connectivity index (χ0v) is 18.7. The van der Waals surface area contributed by atoms with Gasteiger partial charge in [-0.25, -0.2) is 15.1 Å². The van der Waals surface area contributed by atoms with E-state index in [0.717, 1.165) is 38.8 Å². The summed E-state index contributed by atoms with van der Waals surface area (Å²) in [5, 5.41) is 26.3. The molecule has 2 aliphatic rings. The molecule has 0 aliphatic heterocycles. The molecule has 1 aromatic rings. The van der Waals surface area contributed by atoms with Gasteiger partial charge in [-0.3, -0.25) is 0 Å². The minimum atomic E-state index is -1.82. The molecule has 1 aromatic carbocycles. The van der Waals surface area contributed by atoms with Gasteiger partial charge in [-0.2, -0.15) is 0 Å². The monoisotopic (exact) mass is 436 g/mol. The lowest BCUT2D eigenvalue weighted by molar-refractivity contribution is -0.159. The molecule has 0 spiro atoms. The Morgan fingerprint density at radius 2 is 1.77 bits per heavy atom. The first-order chi connectivity index (χ1) is 14.6. The van der Waals surface area contributed by atoms with Gasteiger partial charge in [-0.05, 0) is 63.6 Å². The van der Waals surface area contributed by atoms with Crippen LogP contribution in [-0.4, -0.2) is 71.6 Å². The van der Waals surface area contributed by atoms with Crippen molar-refractivity contribution in [2.45, 2.75) is 50.5 Å². The highest BCUT2D eigenvalue weighted by Gasteiger charge is 2.58. The summed E-state index contributed by atoms with van der Waals surface area (Å²) in [5.74, 6) is -2.68. The van der Waals surface area contributed by atoms with Crippen LogP contribution in [0, 0.1) is 11.3 Å². The number of carboxylic acids is 2. The van der Waals surface area contributed by atoms with Crippen molar-refractivity contribution in [3.05, 3.63) is 35.9 Å². The molecule has 0 saturated heterocycles. The molecule has 0 bridgehead atoms. The number of rotatable bonds is 7. The average molecular weight is 437 g/mol. The summed E-state index contributed by atoms with van der Waals surface area (Å²) in [5.41, 5.74) is 4.00. The first-order valence-electron chi connectivity index (χ1n) is 10.8. The summed E-state index contributed by atoms with van der Waals surface area (Å²) in [7, 11) is 4.10. The van der Waals surface area contributed by atoms with Crippen LogP contribution in [0.4, 0.5) is 0 Å². The molecular weight excluding hydrogens is 400 g/mol. The number of hydroxylamine groups is 1. The molecule has 2 saturated carbocycles. The molecule has 0 radical (unpaired) electrons. The van der Waals surface area contributed by atoms with Gasteiger partial charge in [0.25, 0.3) is 0 Å². The van der Waals surface area contributed by atoms with Crippen molar-refractivity contribution in [3.63, 3.8) is 0 Å². The normalized spacial score (nSPS) is 29.7. The molecule has 31 heavy (non-hydrogen) atoms. The number of nitrogens with zero attached hydrogens (tertiary/aromatic N) is 1. The van der Waals surface area contributed by atoms with E-state index in [4.69, 9.17) is 24.6 Å². The van der Waals surface area contributed by atoms with E-state index < -0.39 is 17.5 Å². The zero-order chi connectivity index (χ0) is 23.1. The Balaban J connectivity index is 0.000000501. The van der Waals surface area contributed by atoms with Gasteiger partial charge in [0, 0.05) is 18.5 Å². The van der Waals surface area contributed by atoms with E-state index in [-0.39, 0.29) is 5.41 Å². The minimum Gasteiger partial charge on any atom is -0.473 e. The number of aliphatic carboxylic acids is 2. The summed E-state index contributed by atoms with van der Waals surface area (Å²) in [4.78, 5) is 25.9. The Kier molecular flexibility index (Phi) is 9.00. The third kappa shape index (κ3) is 6.49. The van der Waals surface area contributed by atoms with Crippen LogP contribution < -0.4 is 5.48 Å². The van der Waals surface area contributed by atoms with Crippen molar-refractivity contribution >= 4 is 11.9 Å². The zero-order valence-electron chi connectivity index (χ0n) is 18.7. The number of hydrogen-bond acceptors (Lipinski definition) is 6.